The van der Waals surface area contributed by atoms with E-state index in [1.165, 1.54) is 11.3 Å². The van der Waals surface area contributed by atoms with E-state index in [9.17, 15) is 9.59 Å². The lowest BCUT2D eigenvalue weighted by Gasteiger charge is -2.13. The van der Waals surface area contributed by atoms with Crippen LogP contribution < -0.4 is 20.7 Å². The van der Waals surface area contributed by atoms with Crippen LogP contribution in [0.3, 0.4) is 0 Å². The van der Waals surface area contributed by atoms with Gasteiger partial charge in [0.05, 0.1) is 13.7 Å². The van der Waals surface area contributed by atoms with E-state index in [2.05, 4.69) is 20.9 Å². The zero-order valence-corrected chi connectivity index (χ0v) is 15.7. The highest BCUT2D eigenvalue weighted by atomic mass is 32.1. The van der Waals surface area contributed by atoms with Gasteiger partial charge in [0.25, 0.3) is 5.91 Å². The van der Waals surface area contributed by atoms with Crippen molar-refractivity contribution in [2.45, 2.75) is 13.0 Å². The van der Waals surface area contributed by atoms with Gasteiger partial charge < -0.3 is 25.4 Å². The molecule has 9 heteroatoms. The standard InChI is InChI=1S/C17H22N4O4S/c1-11(15(22)18-7-8-24-2)19-16(23)14-10-26-17(21-14)20-12-5-4-6-13(9-12)25-3/h4-6,9-11H,7-8H2,1-3H3,(H,18,22)(H,19,23)(H,20,21)/t11-/m1/s1. The average Bonchev–Trinajstić information content (AvgIpc) is 3.10. The van der Waals surface area contributed by atoms with Gasteiger partial charge >= 0.3 is 0 Å². The summed E-state index contributed by atoms with van der Waals surface area (Å²) < 4.78 is 10.0. The minimum Gasteiger partial charge on any atom is -0.497 e. The van der Waals surface area contributed by atoms with E-state index in [1.54, 1.807) is 26.5 Å². The van der Waals surface area contributed by atoms with E-state index in [0.717, 1.165) is 11.4 Å². The van der Waals surface area contributed by atoms with Gasteiger partial charge in [0.1, 0.15) is 17.5 Å². The molecule has 0 fully saturated rings. The number of carbonyl (C=O) groups excluding carboxylic acids is 2. The number of nitrogens with zero attached hydrogens (tertiary/aromatic N) is 1. The van der Waals surface area contributed by atoms with Crippen molar-refractivity contribution in [2.75, 3.05) is 32.7 Å². The Morgan fingerprint density at radius 2 is 2.12 bits per heavy atom. The summed E-state index contributed by atoms with van der Waals surface area (Å²) in [5.74, 6) is 0.0347. The van der Waals surface area contributed by atoms with Crippen LogP contribution in [-0.2, 0) is 9.53 Å². The van der Waals surface area contributed by atoms with Crippen LogP contribution in [0.1, 0.15) is 17.4 Å². The van der Waals surface area contributed by atoms with Crippen molar-refractivity contribution in [3.8, 4) is 5.75 Å². The first-order chi connectivity index (χ1) is 12.5. The largest absolute Gasteiger partial charge is 0.497 e. The van der Waals surface area contributed by atoms with Crippen LogP contribution in [0.5, 0.6) is 5.75 Å². The number of aromatic nitrogens is 1. The topological polar surface area (TPSA) is 102 Å². The molecule has 0 unspecified atom stereocenters. The Labute approximate surface area is 155 Å². The van der Waals surface area contributed by atoms with Gasteiger partial charge in [0.2, 0.25) is 5.91 Å². The van der Waals surface area contributed by atoms with Crippen LogP contribution in [0.4, 0.5) is 10.8 Å². The highest BCUT2D eigenvalue weighted by Crippen LogP contribution is 2.23. The quantitative estimate of drug-likeness (QED) is 0.575. The minimum absolute atomic E-state index is 0.247. The first-order valence-electron chi connectivity index (χ1n) is 7.97. The molecule has 1 aromatic heterocycles. The summed E-state index contributed by atoms with van der Waals surface area (Å²) in [7, 11) is 3.15. The molecule has 3 N–H and O–H groups in total. The predicted molar refractivity (Wildman–Crippen MR) is 100 cm³/mol. The van der Waals surface area contributed by atoms with Crippen LogP contribution in [0.25, 0.3) is 0 Å². The maximum absolute atomic E-state index is 12.2. The van der Waals surface area contributed by atoms with Crippen LogP contribution in [0, 0.1) is 0 Å². The first-order valence-corrected chi connectivity index (χ1v) is 8.85. The number of benzene rings is 1. The molecular formula is C17H22N4O4S. The number of rotatable bonds is 9. The van der Waals surface area contributed by atoms with Gasteiger partial charge in [-0.25, -0.2) is 4.98 Å². The number of methoxy groups -OCH3 is 2. The molecule has 0 aliphatic rings. The summed E-state index contributed by atoms with van der Waals surface area (Å²) in [6, 6.07) is 6.72. The fourth-order valence-corrected chi connectivity index (χ4v) is 2.74. The van der Waals surface area contributed by atoms with Gasteiger partial charge in [-0.1, -0.05) is 6.07 Å². The second-order valence-electron chi connectivity index (χ2n) is 5.37. The van der Waals surface area contributed by atoms with E-state index in [4.69, 9.17) is 9.47 Å². The maximum atomic E-state index is 12.2. The number of nitrogens with one attached hydrogen (secondary N) is 3. The molecule has 8 nitrogen and oxygen atoms in total. The Balaban J connectivity index is 1.91. The molecule has 0 aliphatic heterocycles. The molecular weight excluding hydrogens is 356 g/mol. The van der Waals surface area contributed by atoms with Gasteiger partial charge in [-0.05, 0) is 19.1 Å². The molecule has 2 aromatic rings. The van der Waals surface area contributed by atoms with Crippen LogP contribution >= 0.6 is 11.3 Å². The third kappa shape index (κ3) is 5.71. The lowest BCUT2D eigenvalue weighted by molar-refractivity contribution is -0.122. The van der Waals surface area contributed by atoms with Crippen molar-refractivity contribution in [1.29, 1.82) is 0 Å². The molecule has 1 atom stereocenters. The average molecular weight is 378 g/mol. The summed E-state index contributed by atoms with van der Waals surface area (Å²) in [5.41, 5.74) is 1.05. The van der Waals surface area contributed by atoms with Crippen molar-refractivity contribution < 1.29 is 19.1 Å². The third-order valence-corrected chi connectivity index (χ3v) is 4.16. The number of hydrogen-bond donors (Lipinski definition) is 3. The molecule has 2 amide bonds. The SMILES string of the molecule is COCCNC(=O)[C@@H](C)NC(=O)c1csc(Nc2cccc(OC)c2)n1. The number of anilines is 2. The summed E-state index contributed by atoms with van der Waals surface area (Å²) in [4.78, 5) is 28.4. The van der Waals surface area contributed by atoms with E-state index in [-0.39, 0.29) is 11.6 Å². The predicted octanol–water partition coefficient (Wildman–Crippen LogP) is 1.78. The molecule has 0 bridgehead atoms. The Kier molecular flexibility index (Phi) is 7.37. The Morgan fingerprint density at radius 1 is 1.31 bits per heavy atom. The van der Waals surface area contributed by atoms with Crippen LogP contribution in [0.15, 0.2) is 29.6 Å². The van der Waals surface area contributed by atoms with Crippen molar-refractivity contribution in [1.82, 2.24) is 15.6 Å². The van der Waals surface area contributed by atoms with Gasteiger partial charge in [0.15, 0.2) is 5.13 Å². The molecule has 1 heterocycles. The van der Waals surface area contributed by atoms with Crippen LogP contribution in [-0.4, -0.2) is 50.2 Å². The zero-order valence-electron chi connectivity index (χ0n) is 14.9. The molecule has 1 aromatic carbocycles. The Bertz CT molecular complexity index is 750. The number of amides is 2. The second kappa shape index (κ2) is 9.73. The molecule has 0 spiro atoms. The van der Waals surface area contributed by atoms with Crippen molar-refractivity contribution >= 4 is 34.0 Å². The van der Waals surface area contributed by atoms with Gasteiger partial charge in [-0.3, -0.25) is 9.59 Å². The Morgan fingerprint density at radius 3 is 2.85 bits per heavy atom. The third-order valence-electron chi connectivity index (χ3n) is 3.40. The summed E-state index contributed by atoms with van der Waals surface area (Å²) in [6.45, 7) is 2.42. The molecule has 0 aliphatic carbocycles. The summed E-state index contributed by atoms with van der Waals surface area (Å²) >= 11 is 1.30. The lowest BCUT2D eigenvalue weighted by Crippen LogP contribution is -2.45. The molecule has 140 valence electrons. The smallest absolute Gasteiger partial charge is 0.271 e. The second-order valence-corrected chi connectivity index (χ2v) is 6.23. The zero-order chi connectivity index (χ0) is 18.9. The molecule has 0 saturated carbocycles. The Hall–Kier alpha value is -2.65. The van der Waals surface area contributed by atoms with Crippen molar-refractivity contribution in [2.24, 2.45) is 0 Å². The summed E-state index contributed by atoms with van der Waals surface area (Å²) in [6.07, 6.45) is 0. The first kappa shape index (κ1) is 19.7. The van der Waals surface area contributed by atoms with Gasteiger partial charge in [-0.2, -0.15) is 0 Å². The van der Waals surface area contributed by atoms with E-state index >= 15 is 0 Å². The molecule has 26 heavy (non-hydrogen) atoms. The lowest BCUT2D eigenvalue weighted by atomic mass is 10.3. The number of thiazole rings is 1. The molecule has 2 rings (SSSR count). The summed E-state index contributed by atoms with van der Waals surface area (Å²) in [5, 5.41) is 10.6. The maximum Gasteiger partial charge on any atom is 0.271 e. The van der Waals surface area contributed by atoms with Crippen molar-refractivity contribution in [3.05, 3.63) is 35.3 Å². The molecule has 0 radical (unpaired) electrons. The minimum atomic E-state index is -0.671. The van der Waals surface area contributed by atoms with Gasteiger partial charge in [-0.15, -0.1) is 11.3 Å². The highest BCUT2D eigenvalue weighted by molar-refractivity contribution is 7.14. The fourth-order valence-electron chi connectivity index (χ4n) is 2.03. The number of hydrogen-bond acceptors (Lipinski definition) is 7. The van der Waals surface area contributed by atoms with E-state index in [0.29, 0.717) is 18.3 Å². The fraction of sp³-hybridized carbons (Fsp3) is 0.353. The molecule has 0 saturated heterocycles. The number of carbonyl (C=O) groups is 2. The highest BCUT2D eigenvalue weighted by Gasteiger charge is 2.18. The normalized spacial score (nSPS) is 11.5. The van der Waals surface area contributed by atoms with E-state index < -0.39 is 11.9 Å². The van der Waals surface area contributed by atoms with E-state index in [1.807, 2.05) is 24.3 Å². The monoisotopic (exact) mass is 378 g/mol. The van der Waals surface area contributed by atoms with Crippen LogP contribution in [0.2, 0.25) is 0 Å². The number of ether oxygens (including phenoxy) is 2. The van der Waals surface area contributed by atoms with Gasteiger partial charge in [0, 0.05) is 30.8 Å². The van der Waals surface area contributed by atoms with Crippen molar-refractivity contribution in [3.63, 3.8) is 0 Å².